The van der Waals surface area contributed by atoms with E-state index in [4.69, 9.17) is 0 Å². The second-order valence-corrected chi connectivity index (χ2v) is 5.05. The molecule has 2 heterocycles. The minimum absolute atomic E-state index is 0. The van der Waals surface area contributed by atoms with Gasteiger partial charge in [0.15, 0.2) is 0 Å². The number of rotatable bonds is 6. The van der Waals surface area contributed by atoms with Gasteiger partial charge in [0, 0.05) is 37.6 Å². The molecule has 1 atom stereocenters. The molecule has 128 valence electrons. The molecular formula is C15H23Cl2N5O. The molecule has 0 radical (unpaired) electrons. The van der Waals surface area contributed by atoms with Crippen LogP contribution in [0.3, 0.4) is 0 Å². The van der Waals surface area contributed by atoms with E-state index in [1.807, 2.05) is 43.8 Å². The fraction of sp³-hybridized carbons (Fsp3) is 0.400. The SMILES string of the molecule is CNCC(C)C(=O)NCc1ccc(-n2ccnc2C)nc1.Cl.Cl. The maximum atomic E-state index is 11.8. The zero-order chi connectivity index (χ0) is 15.2. The van der Waals surface area contributed by atoms with Gasteiger partial charge in [0.1, 0.15) is 11.6 Å². The maximum absolute atomic E-state index is 11.8. The predicted molar refractivity (Wildman–Crippen MR) is 95.5 cm³/mol. The van der Waals surface area contributed by atoms with Gasteiger partial charge in [-0.3, -0.25) is 9.36 Å². The highest BCUT2D eigenvalue weighted by Crippen LogP contribution is 2.08. The third-order valence-corrected chi connectivity index (χ3v) is 3.31. The van der Waals surface area contributed by atoms with Gasteiger partial charge in [-0.1, -0.05) is 13.0 Å². The van der Waals surface area contributed by atoms with E-state index in [-0.39, 0.29) is 36.6 Å². The molecule has 23 heavy (non-hydrogen) atoms. The molecule has 2 N–H and O–H groups in total. The summed E-state index contributed by atoms with van der Waals surface area (Å²) in [5.41, 5.74) is 0.974. The zero-order valence-corrected chi connectivity index (χ0v) is 15.1. The van der Waals surface area contributed by atoms with Crippen molar-refractivity contribution in [3.8, 4) is 5.82 Å². The molecule has 6 nitrogen and oxygen atoms in total. The van der Waals surface area contributed by atoms with E-state index in [2.05, 4.69) is 20.6 Å². The van der Waals surface area contributed by atoms with E-state index in [0.717, 1.165) is 17.2 Å². The van der Waals surface area contributed by atoms with Crippen molar-refractivity contribution in [2.75, 3.05) is 13.6 Å². The van der Waals surface area contributed by atoms with E-state index in [0.29, 0.717) is 13.1 Å². The van der Waals surface area contributed by atoms with Gasteiger partial charge in [-0.2, -0.15) is 0 Å². The van der Waals surface area contributed by atoms with Crippen LogP contribution in [0.2, 0.25) is 0 Å². The molecule has 2 aromatic rings. The summed E-state index contributed by atoms with van der Waals surface area (Å²) >= 11 is 0. The van der Waals surface area contributed by atoms with Crippen molar-refractivity contribution in [1.29, 1.82) is 0 Å². The number of halogens is 2. The molecule has 0 spiro atoms. The Morgan fingerprint density at radius 2 is 2.04 bits per heavy atom. The monoisotopic (exact) mass is 359 g/mol. The minimum atomic E-state index is -0.0455. The largest absolute Gasteiger partial charge is 0.352 e. The van der Waals surface area contributed by atoms with Crippen molar-refractivity contribution in [3.05, 3.63) is 42.1 Å². The van der Waals surface area contributed by atoms with Gasteiger partial charge in [0.05, 0.1) is 0 Å². The Morgan fingerprint density at radius 3 is 2.57 bits per heavy atom. The fourth-order valence-electron chi connectivity index (χ4n) is 2.05. The van der Waals surface area contributed by atoms with Crippen molar-refractivity contribution in [1.82, 2.24) is 25.2 Å². The molecule has 0 aliphatic rings. The van der Waals surface area contributed by atoms with Gasteiger partial charge in [-0.25, -0.2) is 9.97 Å². The number of aromatic nitrogens is 3. The van der Waals surface area contributed by atoms with E-state index in [1.54, 1.807) is 12.4 Å². The second kappa shape index (κ2) is 10.2. The quantitative estimate of drug-likeness (QED) is 0.825. The van der Waals surface area contributed by atoms with E-state index in [1.165, 1.54) is 0 Å². The average molecular weight is 360 g/mol. The number of amides is 1. The summed E-state index contributed by atoms with van der Waals surface area (Å²) < 4.78 is 1.91. The van der Waals surface area contributed by atoms with Gasteiger partial charge in [0.2, 0.25) is 5.91 Å². The molecule has 8 heteroatoms. The van der Waals surface area contributed by atoms with Crippen LogP contribution in [0, 0.1) is 12.8 Å². The van der Waals surface area contributed by atoms with Crippen LogP contribution in [0.15, 0.2) is 30.7 Å². The van der Waals surface area contributed by atoms with Crippen LogP contribution < -0.4 is 10.6 Å². The Bertz CT molecular complexity index is 600. The van der Waals surface area contributed by atoms with E-state index in [9.17, 15) is 4.79 Å². The average Bonchev–Trinajstić information content (AvgIpc) is 2.91. The van der Waals surface area contributed by atoms with Crippen LogP contribution in [0.1, 0.15) is 18.3 Å². The summed E-state index contributed by atoms with van der Waals surface area (Å²) in [5, 5.41) is 5.90. The third-order valence-electron chi connectivity index (χ3n) is 3.31. The van der Waals surface area contributed by atoms with Crippen molar-refractivity contribution in [2.24, 2.45) is 5.92 Å². The molecule has 1 amide bonds. The number of hydrogen-bond donors (Lipinski definition) is 2. The number of carbonyl (C=O) groups is 1. The summed E-state index contributed by atoms with van der Waals surface area (Å²) in [7, 11) is 1.84. The Labute approximate surface area is 148 Å². The summed E-state index contributed by atoms with van der Waals surface area (Å²) in [6, 6.07) is 3.89. The summed E-state index contributed by atoms with van der Waals surface area (Å²) in [5.74, 6) is 1.71. The lowest BCUT2D eigenvalue weighted by atomic mass is 10.1. The predicted octanol–water partition coefficient (Wildman–Crippen LogP) is 1.89. The molecule has 1 unspecified atom stereocenters. The Hall–Kier alpha value is -1.63. The Balaban J connectivity index is 0.00000242. The number of carbonyl (C=O) groups excluding carboxylic acids is 1. The van der Waals surface area contributed by atoms with Gasteiger partial charge in [-0.15, -0.1) is 24.8 Å². The first-order valence-corrected chi connectivity index (χ1v) is 6.99. The van der Waals surface area contributed by atoms with Gasteiger partial charge in [-0.05, 0) is 25.6 Å². The van der Waals surface area contributed by atoms with Crippen molar-refractivity contribution in [2.45, 2.75) is 20.4 Å². The summed E-state index contributed by atoms with van der Waals surface area (Å²) in [6.45, 7) is 4.99. The lowest BCUT2D eigenvalue weighted by Crippen LogP contribution is -2.33. The van der Waals surface area contributed by atoms with Gasteiger partial charge < -0.3 is 10.6 Å². The normalized spacial score (nSPS) is 11.1. The summed E-state index contributed by atoms with van der Waals surface area (Å²) in [4.78, 5) is 20.4. The molecule has 0 fully saturated rings. The van der Waals surface area contributed by atoms with Crippen LogP contribution in [0.25, 0.3) is 5.82 Å². The van der Waals surface area contributed by atoms with Crippen molar-refractivity contribution in [3.63, 3.8) is 0 Å². The molecule has 0 aromatic carbocycles. The first-order chi connectivity index (χ1) is 10.1. The molecule has 0 aliphatic carbocycles. The van der Waals surface area contributed by atoms with E-state index < -0.39 is 0 Å². The first kappa shape index (κ1) is 21.4. The smallest absolute Gasteiger partial charge is 0.224 e. The van der Waals surface area contributed by atoms with Crippen molar-refractivity contribution < 1.29 is 4.79 Å². The molecule has 0 bridgehead atoms. The van der Waals surface area contributed by atoms with Crippen LogP contribution >= 0.6 is 24.8 Å². The number of hydrogen-bond acceptors (Lipinski definition) is 4. The van der Waals surface area contributed by atoms with Gasteiger partial charge >= 0.3 is 0 Å². The molecule has 2 aromatic heterocycles. The highest BCUT2D eigenvalue weighted by atomic mass is 35.5. The number of nitrogens with zero attached hydrogens (tertiary/aromatic N) is 3. The molecular weight excluding hydrogens is 337 g/mol. The summed E-state index contributed by atoms with van der Waals surface area (Å²) in [6.07, 6.45) is 5.39. The number of imidazole rings is 1. The number of pyridine rings is 1. The molecule has 2 rings (SSSR count). The standard InChI is InChI=1S/C15H21N5O.2ClH/c1-11(8-16-3)15(21)19-10-13-4-5-14(18-9-13)20-7-6-17-12(20)2;;/h4-7,9,11,16H,8,10H2,1-3H3,(H,19,21);2*1H. The molecule has 0 saturated carbocycles. The minimum Gasteiger partial charge on any atom is -0.352 e. The Morgan fingerprint density at radius 1 is 1.30 bits per heavy atom. The fourth-order valence-corrected chi connectivity index (χ4v) is 2.05. The lowest BCUT2D eigenvalue weighted by molar-refractivity contribution is -0.124. The van der Waals surface area contributed by atoms with Gasteiger partial charge in [0.25, 0.3) is 0 Å². The molecule has 0 saturated heterocycles. The van der Waals surface area contributed by atoms with Crippen LogP contribution in [0.4, 0.5) is 0 Å². The second-order valence-electron chi connectivity index (χ2n) is 5.05. The highest BCUT2D eigenvalue weighted by Gasteiger charge is 2.11. The zero-order valence-electron chi connectivity index (χ0n) is 13.4. The van der Waals surface area contributed by atoms with Crippen LogP contribution in [0.5, 0.6) is 0 Å². The third kappa shape index (κ3) is 5.82. The van der Waals surface area contributed by atoms with Crippen LogP contribution in [-0.2, 0) is 11.3 Å². The first-order valence-electron chi connectivity index (χ1n) is 6.99. The number of aryl methyl sites for hydroxylation is 1. The van der Waals surface area contributed by atoms with E-state index >= 15 is 0 Å². The maximum Gasteiger partial charge on any atom is 0.224 e. The van der Waals surface area contributed by atoms with Crippen molar-refractivity contribution >= 4 is 30.7 Å². The highest BCUT2D eigenvalue weighted by molar-refractivity contribution is 5.85. The Kier molecular flexibility index (Phi) is 9.48. The topological polar surface area (TPSA) is 71.8 Å². The molecule has 0 aliphatic heterocycles. The lowest BCUT2D eigenvalue weighted by Gasteiger charge is -2.11. The van der Waals surface area contributed by atoms with Crippen LogP contribution in [-0.4, -0.2) is 34.0 Å². The number of nitrogens with one attached hydrogen (secondary N) is 2.